The van der Waals surface area contributed by atoms with Crippen LogP contribution in [0.2, 0.25) is 0 Å². The van der Waals surface area contributed by atoms with Crippen molar-refractivity contribution in [2.75, 3.05) is 5.75 Å². The van der Waals surface area contributed by atoms with Crippen LogP contribution in [0, 0.1) is 0 Å². The fraction of sp³-hybridized carbons (Fsp3) is 0.471. The van der Waals surface area contributed by atoms with Crippen molar-refractivity contribution in [2.24, 2.45) is 0 Å². The Morgan fingerprint density at radius 1 is 1.26 bits per heavy atom. The minimum atomic E-state index is 0.0360. The summed E-state index contributed by atoms with van der Waals surface area (Å²) in [7, 11) is 0. The van der Waals surface area contributed by atoms with Crippen LogP contribution in [0.25, 0.3) is 0 Å². The van der Waals surface area contributed by atoms with E-state index in [2.05, 4.69) is 41.5 Å². The van der Waals surface area contributed by atoms with Gasteiger partial charge in [-0.2, -0.15) is 0 Å². The van der Waals surface area contributed by atoms with Crippen LogP contribution >= 0.6 is 11.8 Å². The summed E-state index contributed by atoms with van der Waals surface area (Å²) < 4.78 is 1.97. The highest BCUT2D eigenvalue weighted by Gasteiger charge is 2.12. The average Bonchev–Trinajstić information content (AvgIpc) is 3.01. The van der Waals surface area contributed by atoms with Crippen molar-refractivity contribution in [3.63, 3.8) is 0 Å². The summed E-state index contributed by atoms with van der Waals surface area (Å²) in [6.07, 6.45) is 3.60. The van der Waals surface area contributed by atoms with Gasteiger partial charge in [-0.05, 0) is 39.2 Å². The van der Waals surface area contributed by atoms with Crippen molar-refractivity contribution in [3.05, 3.63) is 42.2 Å². The lowest BCUT2D eigenvalue weighted by molar-refractivity contribution is -0.119. The third kappa shape index (κ3) is 5.71. The monoisotopic (exact) mass is 332 g/mol. The number of carbonyl (C=O) groups is 1. The molecule has 1 unspecified atom stereocenters. The lowest BCUT2D eigenvalue weighted by Gasteiger charge is -2.14. The molecule has 0 bridgehead atoms. The third-order valence-corrected chi connectivity index (χ3v) is 4.50. The maximum absolute atomic E-state index is 12.1. The zero-order valence-electron chi connectivity index (χ0n) is 13.9. The number of nitrogens with one attached hydrogen (secondary N) is 1. The fourth-order valence-electron chi connectivity index (χ4n) is 2.24. The van der Waals surface area contributed by atoms with E-state index in [-0.39, 0.29) is 11.9 Å². The second-order valence-corrected chi connectivity index (χ2v) is 6.84. The normalized spacial score (nSPS) is 12.3. The summed E-state index contributed by atoms with van der Waals surface area (Å²) in [6.45, 7) is 6.18. The molecule has 1 N–H and O–H groups in total. The van der Waals surface area contributed by atoms with Gasteiger partial charge in [0.25, 0.3) is 0 Å². The van der Waals surface area contributed by atoms with Gasteiger partial charge in [0.05, 0.1) is 5.75 Å². The van der Waals surface area contributed by atoms with Crippen molar-refractivity contribution in [3.8, 4) is 0 Å². The molecule has 1 heterocycles. The van der Waals surface area contributed by atoms with Gasteiger partial charge in [0, 0.05) is 12.1 Å². The first-order chi connectivity index (χ1) is 11.1. The van der Waals surface area contributed by atoms with Gasteiger partial charge < -0.3 is 9.88 Å². The molecule has 23 heavy (non-hydrogen) atoms. The maximum atomic E-state index is 12.1. The number of rotatable bonds is 8. The first-order valence-electron chi connectivity index (χ1n) is 7.92. The van der Waals surface area contributed by atoms with Crippen LogP contribution in [0.1, 0.15) is 38.8 Å². The molecule has 0 radical (unpaired) electrons. The lowest BCUT2D eigenvalue weighted by Crippen LogP contribution is -2.34. The molecule has 5 nitrogen and oxygen atoms in total. The molecule has 1 atom stereocenters. The van der Waals surface area contributed by atoms with Crippen molar-refractivity contribution in [1.29, 1.82) is 0 Å². The highest BCUT2D eigenvalue weighted by molar-refractivity contribution is 7.99. The summed E-state index contributed by atoms with van der Waals surface area (Å²) in [6, 6.07) is 10.8. The van der Waals surface area contributed by atoms with E-state index in [0.717, 1.165) is 18.0 Å². The van der Waals surface area contributed by atoms with Gasteiger partial charge in [0.15, 0.2) is 5.16 Å². The highest BCUT2D eigenvalue weighted by Crippen LogP contribution is 2.18. The van der Waals surface area contributed by atoms with Crippen LogP contribution in [0.3, 0.4) is 0 Å². The molecule has 1 amide bonds. The SMILES string of the molecule is CC(CCc1ccccc1)NC(=O)CSc1nncn1C(C)C. The fourth-order valence-corrected chi connectivity index (χ4v) is 3.09. The van der Waals surface area contributed by atoms with Crippen LogP contribution in [-0.4, -0.2) is 32.5 Å². The Bertz CT molecular complexity index is 612. The van der Waals surface area contributed by atoms with E-state index in [1.165, 1.54) is 17.3 Å². The molecule has 0 aliphatic rings. The number of aromatic nitrogens is 3. The summed E-state index contributed by atoms with van der Waals surface area (Å²) in [5, 5.41) is 11.8. The number of thioether (sulfide) groups is 1. The Hall–Kier alpha value is -1.82. The molecule has 2 rings (SSSR count). The van der Waals surface area contributed by atoms with Gasteiger partial charge in [0.1, 0.15) is 6.33 Å². The molecule has 2 aromatic rings. The molecule has 1 aromatic carbocycles. The number of aryl methyl sites for hydroxylation is 1. The van der Waals surface area contributed by atoms with Gasteiger partial charge in [-0.1, -0.05) is 42.1 Å². The van der Waals surface area contributed by atoms with Gasteiger partial charge >= 0.3 is 0 Å². The quantitative estimate of drug-likeness (QED) is 0.755. The molecule has 0 aliphatic carbocycles. The molecule has 0 fully saturated rings. The molecular weight excluding hydrogens is 308 g/mol. The molecule has 1 aromatic heterocycles. The predicted octanol–water partition coefficient (Wildman–Crippen LogP) is 3.09. The number of carbonyl (C=O) groups excluding carboxylic acids is 1. The Kier molecular flexibility index (Phi) is 6.65. The Balaban J connectivity index is 1.72. The summed E-state index contributed by atoms with van der Waals surface area (Å²) in [5.74, 6) is 0.398. The van der Waals surface area contributed by atoms with Crippen LogP contribution < -0.4 is 5.32 Å². The van der Waals surface area contributed by atoms with Crippen molar-refractivity contribution < 1.29 is 4.79 Å². The number of benzene rings is 1. The molecule has 0 spiro atoms. The number of nitrogens with zero attached hydrogens (tertiary/aromatic N) is 3. The number of hydrogen-bond donors (Lipinski definition) is 1. The number of hydrogen-bond acceptors (Lipinski definition) is 4. The van der Waals surface area contributed by atoms with Crippen molar-refractivity contribution in [1.82, 2.24) is 20.1 Å². The molecule has 0 saturated carbocycles. The van der Waals surface area contributed by atoms with E-state index >= 15 is 0 Å². The van der Waals surface area contributed by atoms with Gasteiger partial charge in [-0.3, -0.25) is 4.79 Å². The summed E-state index contributed by atoms with van der Waals surface area (Å²) >= 11 is 1.42. The second-order valence-electron chi connectivity index (χ2n) is 5.90. The molecule has 0 aliphatic heterocycles. The molecular formula is C17H24N4OS. The van der Waals surface area contributed by atoms with E-state index in [1.54, 1.807) is 6.33 Å². The largest absolute Gasteiger partial charge is 0.353 e. The topological polar surface area (TPSA) is 59.8 Å². The van der Waals surface area contributed by atoms with Crippen LogP contribution in [0.15, 0.2) is 41.8 Å². The Labute approximate surface area is 141 Å². The lowest BCUT2D eigenvalue weighted by atomic mass is 10.1. The maximum Gasteiger partial charge on any atom is 0.230 e. The van der Waals surface area contributed by atoms with Gasteiger partial charge in [-0.25, -0.2) is 0 Å². The van der Waals surface area contributed by atoms with E-state index in [4.69, 9.17) is 0 Å². The average molecular weight is 332 g/mol. The van der Waals surface area contributed by atoms with Crippen LogP contribution in [0.4, 0.5) is 0 Å². The summed E-state index contributed by atoms with van der Waals surface area (Å²) in [5.41, 5.74) is 1.30. The van der Waals surface area contributed by atoms with Gasteiger partial charge in [0.2, 0.25) is 5.91 Å². The molecule has 6 heteroatoms. The van der Waals surface area contributed by atoms with E-state index in [9.17, 15) is 4.79 Å². The van der Waals surface area contributed by atoms with E-state index < -0.39 is 0 Å². The Morgan fingerprint density at radius 2 is 2.00 bits per heavy atom. The molecule has 124 valence electrons. The predicted molar refractivity (Wildman–Crippen MR) is 93.5 cm³/mol. The highest BCUT2D eigenvalue weighted by atomic mass is 32.2. The zero-order valence-corrected chi connectivity index (χ0v) is 14.7. The standard InChI is InChI=1S/C17H24N4OS/c1-13(2)21-12-18-20-17(21)23-11-16(22)19-14(3)9-10-15-7-5-4-6-8-15/h4-8,12-14H,9-11H2,1-3H3,(H,19,22). The van der Waals surface area contributed by atoms with Gasteiger partial charge in [-0.15, -0.1) is 10.2 Å². The van der Waals surface area contributed by atoms with Crippen molar-refractivity contribution >= 4 is 17.7 Å². The first-order valence-corrected chi connectivity index (χ1v) is 8.90. The first kappa shape index (κ1) is 17.5. The summed E-state index contributed by atoms with van der Waals surface area (Å²) in [4.78, 5) is 12.1. The minimum absolute atomic E-state index is 0.0360. The van der Waals surface area contributed by atoms with Crippen LogP contribution in [0.5, 0.6) is 0 Å². The van der Waals surface area contributed by atoms with E-state index in [0.29, 0.717) is 11.8 Å². The molecule has 0 saturated heterocycles. The smallest absolute Gasteiger partial charge is 0.230 e. The van der Waals surface area contributed by atoms with Crippen molar-refractivity contribution in [2.45, 2.75) is 50.9 Å². The zero-order chi connectivity index (χ0) is 16.7. The van der Waals surface area contributed by atoms with E-state index in [1.807, 2.05) is 29.7 Å². The third-order valence-electron chi connectivity index (χ3n) is 3.55. The number of amides is 1. The Morgan fingerprint density at radius 3 is 2.70 bits per heavy atom. The second kappa shape index (κ2) is 8.72. The minimum Gasteiger partial charge on any atom is -0.353 e. The van der Waals surface area contributed by atoms with Crippen LogP contribution in [-0.2, 0) is 11.2 Å².